The zero-order valence-electron chi connectivity index (χ0n) is 8.06. The molecule has 0 saturated carbocycles. The van der Waals surface area contributed by atoms with E-state index in [1.165, 1.54) is 0 Å². The first-order valence-electron chi connectivity index (χ1n) is 4.82. The standard InChI is InChI=1S/C11H16O3/c12-8-2-1-3-11(14)9-4-6-10(13)7-5-9/h4-7,11-14H,1-3,8H2. The third-order valence-corrected chi connectivity index (χ3v) is 2.16. The Morgan fingerprint density at radius 2 is 1.71 bits per heavy atom. The zero-order chi connectivity index (χ0) is 10.4. The molecule has 14 heavy (non-hydrogen) atoms. The first-order chi connectivity index (χ1) is 6.74. The molecule has 3 nitrogen and oxygen atoms in total. The number of phenols is 1. The molecule has 0 aliphatic heterocycles. The molecule has 0 spiro atoms. The van der Waals surface area contributed by atoms with Gasteiger partial charge in [-0.3, -0.25) is 0 Å². The minimum Gasteiger partial charge on any atom is -0.508 e. The lowest BCUT2D eigenvalue weighted by Crippen LogP contribution is -1.97. The predicted octanol–water partition coefficient (Wildman–Crippen LogP) is 1.59. The Morgan fingerprint density at radius 1 is 1.07 bits per heavy atom. The fourth-order valence-electron chi connectivity index (χ4n) is 1.31. The average Bonchev–Trinajstić information content (AvgIpc) is 2.19. The molecule has 3 N–H and O–H groups in total. The summed E-state index contributed by atoms with van der Waals surface area (Å²) in [6.45, 7) is 0.169. The second-order valence-electron chi connectivity index (χ2n) is 3.33. The molecule has 0 fully saturated rings. The van der Waals surface area contributed by atoms with Crippen molar-refractivity contribution >= 4 is 0 Å². The number of phenolic OH excluding ortho intramolecular Hbond substituents is 1. The van der Waals surface area contributed by atoms with Gasteiger partial charge in [-0.2, -0.15) is 0 Å². The van der Waals surface area contributed by atoms with E-state index in [2.05, 4.69) is 0 Å². The molecule has 0 amide bonds. The van der Waals surface area contributed by atoms with E-state index in [1.54, 1.807) is 24.3 Å². The molecule has 0 bridgehead atoms. The summed E-state index contributed by atoms with van der Waals surface area (Å²) in [6.07, 6.45) is 1.67. The number of benzene rings is 1. The number of unbranched alkanes of at least 4 members (excludes halogenated alkanes) is 1. The number of hydrogen-bond donors (Lipinski definition) is 3. The van der Waals surface area contributed by atoms with E-state index in [9.17, 15) is 5.11 Å². The van der Waals surface area contributed by atoms with E-state index in [4.69, 9.17) is 10.2 Å². The Hall–Kier alpha value is -1.06. The molecule has 0 aliphatic rings. The van der Waals surface area contributed by atoms with Gasteiger partial charge in [0.25, 0.3) is 0 Å². The van der Waals surface area contributed by atoms with Gasteiger partial charge in [0, 0.05) is 6.61 Å². The van der Waals surface area contributed by atoms with E-state index in [0.29, 0.717) is 6.42 Å². The Morgan fingerprint density at radius 3 is 2.29 bits per heavy atom. The highest BCUT2D eigenvalue weighted by molar-refractivity contribution is 5.27. The summed E-state index contributed by atoms with van der Waals surface area (Å²) in [7, 11) is 0. The fourth-order valence-corrected chi connectivity index (χ4v) is 1.31. The molecule has 0 aromatic heterocycles. The molecule has 0 radical (unpaired) electrons. The molecule has 1 unspecified atom stereocenters. The molecule has 0 saturated heterocycles. The molecule has 1 aromatic carbocycles. The Balaban J connectivity index is 2.43. The van der Waals surface area contributed by atoms with Gasteiger partial charge < -0.3 is 15.3 Å². The summed E-state index contributed by atoms with van der Waals surface area (Å²) in [5.74, 6) is 0.205. The van der Waals surface area contributed by atoms with E-state index in [-0.39, 0.29) is 12.4 Å². The summed E-state index contributed by atoms with van der Waals surface area (Å²) >= 11 is 0. The average molecular weight is 196 g/mol. The first kappa shape index (κ1) is 11.0. The van der Waals surface area contributed by atoms with E-state index in [0.717, 1.165) is 18.4 Å². The van der Waals surface area contributed by atoms with Crippen LogP contribution in [0.15, 0.2) is 24.3 Å². The second kappa shape index (κ2) is 5.62. The normalized spacial score (nSPS) is 12.7. The summed E-state index contributed by atoms with van der Waals surface area (Å²) in [6, 6.07) is 6.53. The highest BCUT2D eigenvalue weighted by atomic mass is 16.3. The first-order valence-corrected chi connectivity index (χ1v) is 4.82. The van der Waals surface area contributed by atoms with E-state index in [1.807, 2.05) is 0 Å². The molecule has 1 rings (SSSR count). The summed E-state index contributed by atoms with van der Waals surface area (Å²) in [4.78, 5) is 0. The van der Waals surface area contributed by atoms with Gasteiger partial charge in [-0.15, -0.1) is 0 Å². The van der Waals surface area contributed by atoms with Crippen molar-refractivity contribution in [1.29, 1.82) is 0 Å². The van der Waals surface area contributed by atoms with Crippen molar-refractivity contribution < 1.29 is 15.3 Å². The van der Waals surface area contributed by atoms with Crippen molar-refractivity contribution in [2.75, 3.05) is 6.61 Å². The van der Waals surface area contributed by atoms with Gasteiger partial charge in [-0.05, 0) is 37.0 Å². The van der Waals surface area contributed by atoms with Gasteiger partial charge >= 0.3 is 0 Å². The molecule has 3 heteroatoms. The lowest BCUT2D eigenvalue weighted by Gasteiger charge is -2.10. The van der Waals surface area contributed by atoms with Gasteiger partial charge in [0.1, 0.15) is 5.75 Å². The molecule has 1 aromatic rings. The van der Waals surface area contributed by atoms with Crippen molar-refractivity contribution in [1.82, 2.24) is 0 Å². The highest BCUT2D eigenvalue weighted by Gasteiger charge is 2.06. The van der Waals surface area contributed by atoms with Crippen LogP contribution < -0.4 is 0 Å². The number of aliphatic hydroxyl groups excluding tert-OH is 2. The molecule has 1 atom stereocenters. The SMILES string of the molecule is OCCCCC(O)c1ccc(O)cc1. The van der Waals surface area contributed by atoms with Crippen molar-refractivity contribution in [2.45, 2.75) is 25.4 Å². The Labute approximate surface area is 83.6 Å². The van der Waals surface area contributed by atoms with Crippen LogP contribution in [0.1, 0.15) is 30.9 Å². The minimum absolute atomic E-state index is 0.169. The predicted molar refractivity (Wildman–Crippen MR) is 54.0 cm³/mol. The largest absolute Gasteiger partial charge is 0.508 e. The molecule has 0 heterocycles. The van der Waals surface area contributed by atoms with Crippen LogP contribution in [0.2, 0.25) is 0 Å². The maximum Gasteiger partial charge on any atom is 0.115 e. The van der Waals surface area contributed by atoms with Crippen LogP contribution in [0, 0.1) is 0 Å². The molecular formula is C11H16O3. The van der Waals surface area contributed by atoms with Gasteiger partial charge in [0.15, 0.2) is 0 Å². The number of hydrogen-bond acceptors (Lipinski definition) is 3. The Bertz CT molecular complexity index is 256. The van der Waals surface area contributed by atoms with Crippen molar-refractivity contribution in [2.24, 2.45) is 0 Å². The van der Waals surface area contributed by atoms with Gasteiger partial charge in [0.2, 0.25) is 0 Å². The third-order valence-electron chi connectivity index (χ3n) is 2.16. The van der Waals surface area contributed by atoms with E-state index >= 15 is 0 Å². The van der Waals surface area contributed by atoms with Crippen LogP contribution in [0.25, 0.3) is 0 Å². The lowest BCUT2D eigenvalue weighted by atomic mass is 10.0. The zero-order valence-corrected chi connectivity index (χ0v) is 8.06. The number of rotatable bonds is 5. The van der Waals surface area contributed by atoms with Gasteiger partial charge in [-0.25, -0.2) is 0 Å². The Kier molecular flexibility index (Phi) is 4.43. The van der Waals surface area contributed by atoms with Crippen molar-refractivity contribution in [3.8, 4) is 5.75 Å². The van der Waals surface area contributed by atoms with Crippen molar-refractivity contribution in [3.05, 3.63) is 29.8 Å². The monoisotopic (exact) mass is 196 g/mol. The summed E-state index contributed by atoms with van der Waals surface area (Å²) in [5, 5.41) is 27.3. The smallest absolute Gasteiger partial charge is 0.115 e. The van der Waals surface area contributed by atoms with Gasteiger partial charge in [0.05, 0.1) is 6.10 Å². The van der Waals surface area contributed by atoms with Crippen molar-refractivity contribution in [3.63, 3.8) is 0 Å². The van der Waals surface area contributed by atoms with Crippen LogP contribution in [0.4, 0.5) is 0 Å². The van der Waals surface area contributed by atoms with Crippen LogP contribution in [0.3, 0.4) is 0 Å². The third kappa shape index (κ3) is 3.36. The topological polar surface area (TPSA) is 60.7 Å². The van der Waals surface area contributed by atoms with Crippen LogP contribution in [0.5, 0.6) is 5.75 Å². The summed E-state index contributed by atoms with van der Waals surface area (Å²) < 4.78 is 0. The fraction of sp³-hybridized carbons (Fsp3) is 0.455. The second-order valence-corrected chi connectivity index (χ2v) is 3.33. The number of aromatic hydroxyl groups is 1. The maximum atomic E-state index is 9.67. The van der Waals surface area contributed by atoms with Gasteiger partial charge in [-0.1, -0.05) is 12.1 Å². The summed E-state index contributed by atoms with van der Waals surface area (Å²) in [5.41, 5.74) is 0.806. The van der Waals surface area contributed by atoms with Crippen LogP contribution in [-0.2, 0) is 0 Å². The lowest BCUT2D eigenvalue weighted by molar-refractivity contribution is 0.159. The molecule has 78 valence electrons. The van der Waals surface area contributed by atoms with E-state index < -0.39 is 6.10 Å². The highest BCUT2D eigenvalue weighted by Crippen LogP contribution is 2.20. The molecular weight excluding hydrogens is 180 g/mol. The number of aliphatic hydroxyl groups is 2. The minimum atomic E-state index is -0.498. The quantitative estimate of drug-likeness (QED) is 0.627. The van der Waals surface area contributed by atoms with Crippen LogP contribution in [-0.4, -0.2) is 21.9 Å². The maximum absolute atomic E-state index is 9.67. The molecule has 0 aliphatic carbocycles. The van der Waals surface area contributed by atoms with Crippen LogP contribution >= 0.6 is 0 Å².